The molecule has 0 saturated carbocycles. The van der Waals surface area contributed by atoms with Crippen molar-refractivity contribution in [3.8, 4) is 0 Å². The molecule has 0 bridgehead atoms. The number of aliphatic carboxylic acids is 2. The monoisotopic (exact) mass is 731 g/mol. The highest BCUT2D eigenvalue weighted by Gasteiger charge is 2.17. The number of hydrogen-bond donors (Lipinski definition) is 4. The van der Waals surface area contributed by atoms with Gasteiger partial charge in [0.05, 0.1) is 39.6 Å². The van der Waals surface area contributed by atoms with Gasteiger partial charge in [-0.1, -0.05) is 77.0 Å². The lowest BCUT2D eigenvalue weighted by Crippen LogP contribution is -2.39. The van der Waals surface area contributed by atoms with Gasteiger partial charge in [-0.15, -0.1) is 0 Å². The molecule has 0 atom stereocenters. The van der Waals surface area contributed by atoms with Crippen LogP contribution in [0, 0.1) is 0 Å². The molecule has 0 aliphatic carbocycles. The lowest BCUT2D eigenvalue weighted by Gasteiger charge is -2.20. The summed E-state index contributed by atoms with van der Waals surface area (Å²) in [6.07, 6.45) is 15.6. The fourth-order valence-electron chi connectivity index (χ4n) is 5.01. The van der Waals surface area contributed by atoms with E-state index in [0.29, 0.717) is 32.8 Å². The number of Topliss-reactive ketones (excluding diaryl/α,β-unsaturated/α-hetero) is 1. The van der Waals surface area contributed by atoms with Crippen molar-refractivity contribution in [3.63, 3.8) is 0 Å². The summed E-state index contributed by atoms with van der Waals surface area (Å²) in [4.78, 5) is 70.4. The maximum atomic E-state index is 12.6. The molecule has 0 saturated heterocycles. The first-order valence-electron chi connectivity index (χ1n) is 18.7. The molecule has 296 valence electrons. The maximum Gasteiger partial charge on any atom is 0.323 e. The van der Waals surface area contributed by atoms with Gasteiger partial charge in [0, 0.05) is 38.9 Å². The number of nitrogens with zero attached hydrogens (tertiary/aromatic N) is 1. The Balaban J connectivity index is 3.76. The van der Waals surface area contributed by atoms with E-state index in [1.54, 1.807) is 0 Å². The molecular weight excluding hydrogens is 666 g/mol. The third-order valence-electron chi connectivity index (χ3n) is 7.74. The van der Waals surface area contributed by atoms with Crippen LogP contribution in [-0.4, -0.2) is 130 Å². The number of rotatable bonds is 38. The summed E-state index contributed by atoms with van der Waals surface area (Å²) in [6.45, 7) is 3.11. The molecular formula is C36H65N3O12. The highest BCUT2D eigenvalue weighted by Crippen LogP contribution is 2.14. The van der Waals surface area contributed by atoms with Gasteiger partial charge in [-0.25, -0.2) is 0 Å². The second kappa shape index (κ2) is 35.3. The first kappa shape index (κ1) is 47.9. The van der Waals surface area contributed by atoms with Gasteiger partial charge in [0.1, 0.15) is 19.8 Å². The average Bonchev–Trinajstić information content (AvgIpc) is 3.08. The fourth-order valence-corrected chi connectivity index (χ4v) is 5.01. The van der Waals surface area contributed by atoms with Crippen LogP contribution >= 0.6 is 0 Å². The minimum atomic E-state index is -1.12. The Morgan fingerprint density at radius 3 is 1.39 bits per heavy atom. The Bertz CT molecular complexity index is 950. The summed E-state index contributed by atoms with van der Waals surface area (Å²) in [5.74, 6) is -2.75. The second-order valence-electron chi connectivity index (χ2n) is 12.5. The summed E-state index contributed by atoms with van der Waals surface area (Å²) in [5.41, 5.74) is 0. The number of carboxylic acid groups (broad SMARTS) is 2. The van der Waals surface area contributed by atoms with Crippen LogP contribution in [-0.2, 0) is 47.7 Å². The third-order valence-corrected chi connectivity index (χ3v) is 7.74. The number of carbonyl (C=O) groups is 6. The van der Waals surface area contributed by atoms with Gasteiger partial charge in [0.15, 0.2) is 5.78 Å². The van der Waals surface area contributed by atoms with Crippen molar-refractivity contribution >= 4 is 35.4 Å². The number of hydrogen-bond acceptors (Lipinski definition) is 10. The summed E-state index contributed by atoms with van der Waals surface area (Å²) in [7, 11) is 0. The summed E-state index contributed by atoms with van der Waals surface area (Å²) >= 11 is 0. The van der Waals surface area contributed by atoms with E-state index in [-0.39, 0.29) is 88.9 Å². The van der Waals surface area contributed by atoms with Crippen LogP contribution < -0.4 is 10.6 Å². The number of carbonyl (C=O) groups excluding carboxylic acids is 4. The van der Waals surface area contributed by atoms with Gasteiger partial charge in [-0.3, -0.25) is 28.8 Å². The number of ketones is 1. The van der Waals surface area contributed by atoms with Crippen molar-refractivity contribution in [2.45, 2.75) is 116 Å². The molecule has 0 unspecified atom stereocenters. The first-order chi connectivity index (χ1) is 24.6. The molecule has 15 nitrogen and oxygen atoms in total. The molecule has 0 aliphatic rings. The van der Waals surface area contributed by atoms with E-state index in [1.165, 1.54) is 56.8 Å². The first-order valence-corrected chi connectivity index (χ1v) is 18.7. The quantitative estimate of drug-likeness (QED) is 0.0674. The SMILES string of the molecule is CC(=O)COCCOCCNC(=O)COCCOCCNC(=O)CCN(CC(=O)O)C(=O)CCCCCCCCCCCCCCCCC(=O)O. The molecule has 0 spiro atoms. The fraction of sp³-hybridized carbons (Fsp3) is 0.833. The smallest absolute Gasteiger partial charge is 0.323 e. The van der Waals surface area contributed by atoms with Crippen molar-refractivity contribution in [2.75, 3.05) is 79.0 Å². The molecule has 15 heteroatoms. The van der Waals surface area contributed by atoms with Crippen LogP contribution in [0.5, 0.6) is 0 Å². The highest BCUT2D eigenvalue weighted by atomic mass is 16.5. The van der Waals surface area contributed by atoms with E-state index in [1.807, 2.05) is 0 Å². The van der Waals surface area contributed by atoms with Crippen molar-refractivity contribution in [3.05, 3.63) is 0 Å². The summed E-state index contributed by atoms with van der Waals surface area (Å²) < 4.78 is 21.0. The molecule has 0 aliphatic heterocycles. The van der Waals surface area contributed by atoms with Gasteiger partial charge in [0.2, 0.25) is 17.7 Å². The van der Waals surface area contributed by atoms with Crippen molar-refractivity contribution in [1.82, 2.24) is 15.5 Å². The molecule has 51 heavy (non-hydrogen) atoms. The Morgan fingerprint density at radius 2 is 0.922 bits per heavy atom. The zero-order valence-electron chi connectivity index (χ0n) is 30.9. The van der Waals surface area contributed by atoms with Crippen LogP contribution in [0.15, 0.2) is 0 Å². The summed E-state index contributed by atoms with van der Waals surface area (Å²) in [6, 6.07) is 0. The lowest BCUT2D eigenvalue weighted by molar-refractivity contribution is -0.145. The number of ether oxygens (including phenoxy) is 4. The second-order valence-corrected chi connectivity index (χ2v) is 12.5. The van der Waals surface area contributed by atoms with E-state index >= 15 is 0 Å². The minimum absolute atomic E-state index is 0.0112. The molecule has 0 rings (SSSR count). The number of carboxylic acids is 2. The molecule has 0 heterocycles. The van der Waals surface area contributed by atoms with Gasteiger partial charge in [0.25, 0.3) is 0 Å². The van der Waals surface area contributed by atoms with Crippen molar-refractivity contribution < 1.29 is 57.9 Å². The minimum Gasteiger partial charge on any atom is -0.481 e. The zero-order valence-corrected chi connectivity index (χ0v) is 30.9. The van der Waals surface area contributed by atoms with E-state index in [0.717, 1.165) is 38.5 Å². The molecule has 0 aromatic heterocycles. The van der Waals surface area contributed by atoms with Crippen molar-refractivity contribution in [1.29, 1.82) is 0 Å². The standard InChI is InChI=1S/C36H65N3O12/c1-31(40)29-50-26-24-49-23-20-38-33(42)30-51-27-25-48-22-19-37-32(41)18-21-39(28-36(46)47)34(43)16-14-12-10-8-6-4-2-3-5-7-9-11-13-15-17-35(44)45/h2-30H2,1H3,(H,37,41)(H,38,42)(H,44,45)(H,46,47). The Kier molecular flexibility index (Phi) is 33.1. The topological polar surface area (TPSA) is 207 Å². The molecule has 4 N–H and O–H groups in total. The van der Waals surface area contributed by atoms with E-state index in [9.17, 15) is 33.9 Å². The van der Waals surface area contributed by atoms with Crippen LogP contribution in [0.25, 0.3) is 0 Å². The average molecular weight is 732 g/mol. The van der Waals surface area contributed by atoms with E-state index in [4.69, 9.17) is 24.1 Å². The van der Waals surface area contributed by atoms with Gasteiger partial charge >= 0.3 is 11.9 Å². The Labute approximate surface area is 303 Å². The van der Waals surface area contributed by atoms with Gasteiger partial charge < -0.3 is 44.7 Å². The Hall–Kier alpha value is -3.14. The summed E-state index contributed by atoms with van der Waals surface area (Å²) in [5, 5.41) is 23.2. The highest BCUT2D eigenvalue weighted by molar-refractivity contribution is 5.82. The predicted octanol–water partition coefficient (Wildman–Crippen LogP) is 3.50. The lowest BCUT2D eigenvalue weighted by atomic mass is 10.0. The normalized spacial score (nSPS) is 10.9. The molecule has 0 radical (unpaired) electrons. The third kappa shape index (κ3) is 36.5. The molecule has 0 aromatic carbocycles. The largest absolute Gasteiger partial charge is 0.481 e. The van der Waals surface area contributed by atoms with Crippen LogP contribution in [0.2, 0.25) is 0 Å². The zero-order chi connectivity index (χ0) is 37.8. The number of unbranched alkanes of at least 4 members (excludes halogenated alkanes) is 13. The number of nitrogens with one attached hydrogen (secondary N) is 2. The number of amides is 3. The Morgan fingerprint density at radius 1 is 0.490 bits per heavy atom. The molecule has 3 amide bonds. The molecule has 0 aromatic rings. The van der Waals surface area contributed by atoms with Gasteiger partial charge in [-0.05, 0) is 19.8 Å². The van der Waals surface area contributed by atoms with Gasteiger partial charge in [-0.2, -0.15) is 0 Å². The van der Waals surface area contributed by atoms with Crippen LogP contribution in [0.4, 0.5) is 0 Å². The van der Waals surface area contributed by atoms with Crippen molar-refractivity contribution in [2.24, 2.45) is 0 Å². The maximum absolute atomic E-state index is 12.6. The van der Waals surface area contributed by atoms with E-state index < -0.39 is 18.5 Å². The predicted molar refractivity (Wildman–Crippen MR) is 190 cm³/mol. The molecule has 0 fully saturated rings. The van der Waals surface area contributed by atoms with Crippen LogP contribution in [0.3, 0.4) is 0 Å². The van der Waals surface area contributed by atoms with E-state index in [2.05, 4.69) is 10.6 Å². The van der Waals surface area contributed by atoms with Crippen LogP contribution in [0.1, 0.15) is 116 Å².